The first-order chi connectivity index (χ1) is 11.2. The van der Waals surface area contributed by atoms with Crippen molar-refractivity contribution in [2.75, 3.05) is 17.2 Å². The van der Waals surface area contributed by atoms with Gasteiger partial charge in [0, 0.05) is 24.0 Å². The second-order valence-corrected chi connectivity index (χ2v) is 5.78. The summed E-state index contributed by atoms with van der Waals surface area (Å²) in [6.07, 6.45) is 4.29. The molecule has 2 aromatic rings. The third-order valence-electron chi connectivity index (χ3n) is 3.92. The van der Waals surface area contributed by atoms with Crippen LogP contribution in [0.5, 0.6) is 0 Å². The van der Waals surface area contributed by atoms with Gasteiger partial charge in [0.1, 0.15) is 5.82 Å². The van der Waals surface area contributed by atoms with Crippen LogP contribution in [0.2, 0.25) is 0 Å². The second-order valence-electron chi connectivity index (χ2n) is 5.78. The Morgan fingerprint density at radius 1 is 1.00 bits per heavy atom. The minimum Gasteiger partial charge on any atom is -0.354 e. The monoisotopic (exact) mass is 312 g/mol. The van der Waals surface area contributed by atoms with Crippen molar-refractivity contribution in [1.29, 1.82) is 0 Å². The molecule has 0 unspecified atom stereocenters. The molecule has 0 atom stereocenters. The first kappa shape index (κ1) is 17.3. The van der Waals surface area contributed by atoms with Crippen LogP contribution in [0, 0.1) is 6.92 Å². The van der Waals surface area contributed by atoms with Gasteiger partial charge in [-0.1, -0.05) is 45.4 Å². The molecular formula is C19H28N4. The lowest BCUT2D eigenvalue weighted by molar-refractivity contribution is 0.825. The fourth-order valence-corrected chi connectivity index (χ4v) is 2.62. The summed E-state index contributed by atoms with van der Waals surface area (Å²) in [5, 5.41) is 6.83. The fraction of sp³-hybridized carbons (Fsp3) is 0.474. The SMILES string of the molecule is CCCCNc1nc(C)cc(Nc2c(CC)cccc2CC)n1. The number of para-hydroxylation sites is 1. The van der Waals surface area contributed by atoms with E-state index in [9.17, 15) is 0 Å². The lowest BCUT2D eigenvalue weighted by Gasteiger charge is -2.16. The van der Waals surface area contributed by atoms with Crippen molar-refractivity contribution in [2.45, 2.75) is 53.4 Å². The van der Waals surface area contributed by atoms with Gasteiger partial charge in [0.2, 0.25) is 5.95 Å². The molecule has 2 rings (SSSR count). The molecule has 0 amide bonds. The predicted octanol–water partition coefficient (Wildman–Crippen LogP) is 4.87. The first-order valence-electron chi connectivity index (χ1n) is 8.65. The first-order valence-corrected chi connectivity index (χ1v) is 8.65. The normalized spacial score (nSPS) is 10.6. The average Bonchev–Trinajstić information content (AvgIpc) is 2.55. The van der Waals surface area contributed by atoms with E-state index >= 15 is 0 Å². The van der Waals surface area contributed by atoms with Gasteiger partial charge in [0.25, 0.3) is 0 Å². The smallest absolute Gasteiger partial charge is 0.224 e. The summed E-state index contributed by atoms with van der Waals surface area (Å²) in [5.74, 6) is 1.56. The molecule has 0 radical (unpaired) electrons. The Bertz CT molecular complexity index is 615. The third-order valence-corrected chi connectivity index (χ3v) is 3.92. The van der Waals surface area contributed by atoms with Crippen molar-refractivity contribution >= 4 is 17.5 Å². The highest BCUT2D eigenvalue weighted by molar-refractivity contribution is 5.66. The summed E-state index contributed by atoms with van der Waals surface area (Å²) in [6, 6.07) is 8.48. The van der Waals surface area contributed by atoms with Gasteiger partial charge in [0.15, 0.2) is 0 Å². The number of anilines is 3. The lowest BCUT2D eigenvalue weighted by atomic mass is 10.0. The summed E-state index contributed by atoms with van der Waals surface area (Å²) >= 11 is 0. The number of aromatic nitrogens is 2. The third kappa shape index (κ3) is 4.68. The van der Waals surface area contributed by atoms with Gasteiger partial charge in [-0.05, 0) is 37.3 Å². The highest BCUT2D eigenvalue weighted by Crippen LogP contribution is 2.26. The summed E-state index contributed by atoms with van der Waals surface area (Å²) in [7, 11) is 0. The van der Waals surface area contributed by atoms with Crippen LogP contribution < -0.4 is 10.6 Å². The van der Waals surface area contributed by atoms with Crippen molar-refractivity contribution in [1.82, 2.24) is 9.97 Å². The topological polar surface area (TPSA) is 49.8 Å². The molecular weight excluding hydrogens is 284 g/mol. The molecule has 0 aliphatic carbocycles. The average molecular weight is 312 g/mol. The van der Waals surface area contributed by atoms with Gasteiger partial charge in [-0.25, -0.2) is 4.98 Å². The van der Waals surface area contributed by atoms with Gasteiger partial charge < -0.3 is 10.6 Å². The standard InChI is InChI=1S/C19H28N4/c1-5-8-12-20-19-21-14(4)13-17(23-19)22-18-15(6-2)10-9-11-16(18)7-3/h9-11,13H,5-8,12H2,1-4H3,(H2,20,21,22,23). The minimum absolute atomic E-state index is 0.702. The van der Waals surface area contributed by atoms with Crippen LogP contribution in [0.4, 0.5) is 17.5 Å². The molecule has 0 aliphatic rings. The highest BCUT2D eigenvalue weighted by atomic mass is 15.1. The van der Waals surface area contributed by atoms with E-state index in [1.165, 1.54) is 16.8 Å². The molecule has 1 heterocycles. The number of aryl methyl sites for hydroxylation is 3. The number of unbranched alkanes of at least 4 members (excludes halogenated alkanes) is 1. The van der Waals surface area contributed by atoms with Crippen LogP contribution >= 0.6 is 0 Å². The van der Waals surface area contributed by atoms with E-state index in [-0.39, 0.29) is 0 Å². The Labute approximate surface area is 139 Å². The van der Waals surface area contributed by atoms with E-state index in [2.05, 4.69) is 59.6 Å². The minimum atomic E-state index is 0.702. The quantitative estimate of drug-likeness (QED) is 0.683. The number of rotatable bonds is 8. The largest absolute Gasteiger partial charge is 0.354 e. The zero-order valence-electron chi connectivity index (χ0n) is 14.7. The molecule has 0 aliphatic heterocycles. The molecule has 0 spiro atoms. The Kier molecular flexibility index (Phi) is 6.39. The summed E-state index contributed by atoms with van der Waals surface area (Å²) < 4.78 is 0. The van der Waals surface area contributed by atoms with Crippen LogP contribution in [0.15, 0.2) is 24.3 Å². The van der Waals surface area contributed by atoms with E-state index in [0.717, 1.165) is 43.7 Å². The van der Waals surface area contributed by atoms with Gasteiger partial charge >= 0.3 is 0 Å². The highest BCUT2D eigenvalue weighted by Gasteiger charge is 2.09. The van der Waals surface area contributed by atoms with Crippen molar-refractivity contribution in [2.24, 2.45) is 0 Å². The van der Waals surface area contributed by atoms with Crippen molar-refractivity contribution < 1.29 is 0 Å². The van der Waals surface area contributed by atoms with Gasteiger partial charge in [-0.2, -0.15) is 4.98 Å². The zero-order valence-corrected chi connectivity index (χ0v) is 14.7. The molecule has 1 aromatic heterocycles. The molecule has 4 nitrogen and oxygen atoms in total. The number of hydrogen-bond acceptors (Lipinski definition) is 4. The molecule has 0 saturated carbocycles. The molecule has 0 fully saturated rings. The Morgan fingerprint density at radius 3 is 2.30 bits per heavy atom. The molecule has 1 aromatic carbocycles. The Morgan fingerprint density at radius 2 is 1.70 bits per heavy atom. The lowest BCUT2D eigenvalue weighted by Crippen LogP contribution is -2.08. The van der Waals surface area contributed by atoms with Gasteiger partial charge in [-0.15, -0.1) is 0 Å². The summed E-state index contributed by atoms with van der Waals surface area (Å²) in [4.78, 5) is 9.09. The molecule has 4 heteroatoms. The molecule has 2 N–H and O–H groups in total. The number of nitrogens with zero attached hydrogens (tertiary/aromatic N) is 2. The maximum atomic E-state index is 4.62. The van der Waals surface area contributed by atoms with Crippen LogP contribution in [-0.4, -0.2) is 16.5 Å². The van der Waals surface area contributed by atoms with E-state index in [0.29, 0.717) is 5.95 Å². The number of nitrogens with one attached hydrogen (secondary N) is 2. The maximum absolute atomic E-state index is 4.62. The van der Waals surface area contributed by atoms with Gasteiger partial charge in [-0.3, -0.25) is 0 Å². The fourth-order valence-electron chi connectivity index (χ4n) is 2.62. The van der Waals surface area contributed by atoms with E-state index in [1.54, 1.807) is 0 Å². The van der Waals surface area contributed by atoms with Crippen molar-refractivity contribution in [3.8, 4) is 0 Å². The van der Waals surface area contributed by atoms with E-state index in [4.69, 9.17) is 0 Å². The number of benzene rings is 1. The van der Waals surface area contributed by atoms with Crippen LogP contribution in [0.3, 0.4) is 0 Å². The molecule has 124 valence electrons. The molecule has 23 heavy (non-hydrogen) atoms. The van der Waals surface area contributed by atoms with Crippen LogP contribution in [0.1, 0.15) is 50.4 Å². The number of hydrogen-bond donors (Lipinski definition) is 2. The summed E-state index contributed by atoms with van der Waals surface area (Å²) in [6.45, 7) is 9.46. The Balaban J connectivity index is 2.26. The van der Waals surface area contributed by atoms with Gasteiger partial charge in [0.05, 0.1) is 0 Å². The molecule has 0 bridgehead atoms. The van der Waals surface area contributed by atoms with Crippen LogP contribution in [0.25, 0.3) is 0 Å². The maximum Gasteiger partial charge on any atom is 0.224 e. The predicted molar refractivity (Wildman–Crippen MR) is 98.6 cm³/mol. The molecule has 0 saturated heterocycles. The van der Waals surface area contributed by atoms with E-state index in [1.807, 2.05) is 13.0 Å². The zero-order chi connectivity index (χ0) is 16.7. The van der Waals surface area contributed by atoms with Crippen molar-refractivity contribution in [3.63, 3.8) is 0 Å². The second kappa shape index (κ2) is 8.51. The van der Waals surface area contributed by atoms with Crippen molar-refractivity contribution in [3.05, 3.63) is 41.1 Å². The van der Waals surface area contributed by atoms with E-state index < -0.39 is 0 Å². The Hall–Kier alpha value is -2.10. The van der Waals surface area contributed by atoms with Crippen LogP contribution in [-0.2, 0) is 12.8 Å². The summed E-state index contributed by atoms with van der Waals surface area (Å²) in [5.41, 5.74) is 4.80.